The molecule has 0 bridgehead atoms. The molecule has 0 radical (unpaired) electrons. The lowest BCUT2D eigenvalue weighted by atomic mass is 10.0. The number of aliphatic hydroxyl groups is 1. The molecule has 4 rings (SSSR count). The molecule has 3 aromatic rings. The minimum Gasteiger partial charge on any atom is -0.374 e. The number of rotatable bonds is 7. The van der Waals surface area contributed by atoms with Crippen LogP contribution in [0.15, 0.2) is 79.5 Å². The third-order valence-corrected chi connectivity index (χ3v) is 6.75. The molecule has 0 amide bonds. The predicted molar refractivity (Wildman–Crippen MR) is 136 cm³/mol. The van der Waals surface area contributed by atoms with Crippen LogP contribution >= 0.6 is 23.2 Å². The molecule has 3 atom stereocenters. The lowest BCUT2D eigenvalue weighted by molar-refractivity contribution is 0.219. The second-order valence-electron chi connectivity index (χ2n) is 8.51. The molecule has 6 heteroatoms. The maximum Gasteiger partial charge on any atom is 0.155 e. The summed E-state index contributed by atoms with van der Waals surface area (Å²) < 4.78 is 13.5. The molecule has 3 unspecified atom stereocenters. The fraction of sp³-hybridized carbons (Fsp3) is 0.185. The molecular formula is C27H25Cl2FN2O. The lowest BCUT2D eigenvalue weighted by Gasteiger charge is -2.16. The van der Waals surface area contributed by atoms with E-state index in [1.54, 1.807) is 6.07 Å². The average Bonchev–Trinajstić information content (AvgIpc) is 3.35. The predicted octanol–water partition coefficient (Wildman–Crippen LogP) is 7.45. The highest BCUT2D eigenvalue weighted by Crippen LogP contribution is 2.63. The first-order chi connectivity index (χ1) is 15.6. The summed E-state index contributed by atoms with van der Waals surface area (Å²) in [6.45, 7) is 12.4. The Morgan fingerprint density at radius 1 is 0.970 bits per heavy atom. The smallest absolute Gasteiger partial charge is 0.155 e. The number of alkyl halides is 1. The van der Waals surface area contributed by atoms with Crippen molar-refractivity contribution in [2.24, 2.45) is 5.92 Å². The van der Waals surface area contributed by atoms with E-state index in [1.165, 1.54) is 17.7 Å². The van der Waals surface area contributed by atoms with Gasteiger partial charge in [-0.25, -0.2) is 4.39 Å². The summed E-state index contributed by atoms with van der Waals surface area (Å²) >= 11 is 12.3. The molecule has 3 aromatic carbocycles. The van der Waals surface area contributed by atoms with Gasteiger partial charge in [-0.1, -0.05) is 66.2 Å². The van der Waals surface area contributed by atoms with E-state index in [4.69, 9.17) is 23.2 Å². The number of halogens is 3. The fourth-order valence-corrected chi connectivity index (χ4v) is 4.72. The van der Waals surface area contributed by atoms with Crippen molar-refractivity contribution in [1.29, 1.82) is 0 Å². The quantitative estimate of drug-likeness (QED) is 0.306. The molecule has 1 aliphatic carbocycles. The number of aryl methyl sites for hydroxylation is 2. The number of nitrogens with one attached hydrogen (secondary N) is 2. The van der Waals surface area contributed by atoms with Crippen LogP contribution in [0.2, 0.25) is 5.02 Å². The van der Waals surface area contributed by atoms with Gasteiger partial charge in [0.1, 0.15) is 5.82 Å². The first-order valence-electron chi connectivity index (χ1n) is 10.5. The van der Waals surface area contributed by atoms with Crippen molar-refractivity contribution >= 4 is 40.3 Å². The molecule has 3 N–H and O–H groups in total. The Morgan fingerprint density at radius 2 is 1.64 bits per heavy atom. The van der Waals surface area contributed by atoms with Crippen LogP contribution in [0, 0.1) is 25.6 Å². The zero-order valence-electron chi connectivity index (χ0n) is 18.4. The second kappa shape index (κ2) is 8.86. The molecule has 0 spiro atoms. The van der Waals surface area contributed by atoms with Crippen molar-refractivity contribution in [1.82, 2.24) is 0 Å². The van der Waals surface area contributed by atoms with Crippen molar-refractivity contribution in [3.05, 3.63) is 113 Å². The summed E-state index contributed by atoms with van der Waals surface area (Å²) in [5.41, 5.74) is 6.94. The molecule has 0 aromatic heterocycles. The van der Waals surface area contributed by atoms with Gasteiger partial charge in [0.05, 0.1) is 10.9 Å². The van der Waals surface area contributed by atoms with E-state index in [0.29, 0.717) is 11.3 Å². The largest absolute Gasteiger partial charge is 0.374 e. The zero-order valence-corrected chi connectivity index (χ0v) is 19.9. The van der Waals surface area contributed by atoms with Crippen LogP contribution in [0.25, 0.3) is 5.70 Å². The SMILES string of the molecule is C=C(Nc1ccc(C)cc1)c1cc(NC(=C)C2C(c3ccc(F)c(Cl)c3)C2(O)Cl)ccc1C. The molecule has 0 heterocycles. The number of anilines is 2. The Morgan fingerprint density at radius 3 is 2.30 bits per heavy atom. The summed E-state index contributed by atoms with van der Waals surface area (Å²) in [5.74, 6) is -1.42. The summed E-state index contributed by atoms with van der Waals surface area (Å²) in [4.78, 5) is 0. The van der Waals surface area contributed by atoms with E-state index in [0.717, 1.165) is 28.2 Å². The normalized spacial score (nSPS) is 21.4. The highest BCUT2D eigenvalue weighted by Gasteiger charge is 2.65. The van der Waals surface area contributed by atoms with Crippen molar-refractivity contribution in [2.75, 3.05) is 10.6 Å². The molecule has 3 nitrogen and oxygen atoms in total. The molecule has 1 aliphatic rings. The van der Waals surface area contributed by atoms with Crippen LogP contribution in [0.3, 0.4) is 0 Å². The number of hydrogen-bond donors (Lipinski definition) is 3. The fourth-order valence-electron chi connectivity index (χ4n) is 4.09. The topological polar surface area (TPSA) is 44.3 Å². The zero-order chi connectivity index (χ0) is 23.9. The highest BCUT2D eigenvalue weighted by atomic mass is 35.5. The van der Waals surface area contributed by atoms with Gasteiger partial charge in [-0.2, -0.15) is 0 Å². The Kier molecular flexibility index (Phi) is 6.28. The van der Waals surface area contributed by atoms with Crippen LogP contribution in [0.4, 0.5) is 15.8 Å². The summed E-state index contributed by atoms with van der Waals surface area (Å²) in [5, 5.41) is 15.8. The van der Waals surface area contributed by atoms with E-state index in [-0.39, 0.29) is 5.02 Å². The van der Waals surface area contributed by atoms with E-state index < -0.39 is 22.7 Å². The summed E-state index contributed by atoms with van der Waals surface area (Å²) in [6.07, 6.45) is 0. The number of hydrogen-bond acceptors (Lipinski definition) is 3. The molecule has 33 heavy (non-hydrogen) atoms. The standard InChI is InChI=1S/C27H25Cl2FN2O/c1-15-5-9-20(10-6-15)31-17(3)22-14-21(11-7-16(22)2)32-18(4)25-26(27(25,29)33)19-8-12-24(30)23(28)13-19/h5-14,25-26,31-33H,3-4H2,1-2H3. The molecule has 0 aliphatic heterocycles. The van der Waals surface area contributed by atoms with Crippen molar-refractivity contribution in [3.8, 4) is 0 Å². The molecule has 0 saturated heterocycles. The van der Waals surface area contributed by atoms with Gasteiger partial charge in [0, 0.05) is 34.3 Å². The van der Waals surface area contributed by atoms with Crippen molar-refractivity contribution in [3.63, 3.8) is 0 Å². The van der Waals surface area contributed by atoms with E-state index in [2.05, 4.69) is 23.8 Å². The maximum atomic E-state index is 13.5. The Balaban J connectivity index is 1.50. The highest BCUT2D eigenvalue weighted by molar-refractivity contribution is 6.31. The van der Waals surface area contributed by atoms with Crippen LogP contribution < -0.4 is 10.6 Å². The van der Waals surface area contributed by atoms with Crippen molar-refractivity contribution < 1.29 is 9.50 Å². The van der Waals surface area contributed by atoms with Gasteiger partial charge in [-0.3, -0.25) is 0 Å². The van der Waals surface area contributed by atoms with Gasteiger partial charge in [-0.15, -0.1) is 0 Å². The molecule has 1 saturated carbocycles. The Hall–Kier alpha value is -2.79. The first kappa shape index (κ1) is 23.4. The monoisotopic (exact) mass is 482 g/mol. The lowest BCUT2D eigenvalue weighted by Crippen LogP contribution is -2.08. The van der Waals surface area contributed by atoms with Gasteiger partial charge >= 0.3 is 0 Å². The number of benzene rings is 3. The van der Waals surface area contributed by atoms with Gasteiger partial charge in [0.2, 0.25) is 0 Å². The summed E-state index contributed by atoms with van der Waals surface area (Å²) in [6, 6.07) is 18.3. The van der Waals surface area contributed by atoms with Gasteiger partial charge in [-0.05, 0) is 61.4 Å². The Bertz CT molecular complexity index is 1240. The van der Waals surface area contributed by atoms with Crippen LogP contribution in [-0.2, 0) is 0 Å². The molecule has 170 valence electrons. The second-order valence-corrected chi connectivity index (χ2v) is 9.52. The van der Waals surface area contributed by atoms with Crippen LogP contribution in [0.1, 0.15) is 28.2 Å². The third-order valence-electron chi connectivity index (χ3n) is 5.99. The average molecular weight is 483 g/mol. The van der Waals surface area contributed by atoms with E-state index in [1.807, 2.05) is 56.3 Å². The van der Waals surface area contributed by atoms with E-state index >= 15 is 0 Å². The minimum absolute atomic E-state index is 0.00745. The van der Waals surface area contributed by atoms with Crippen LogP contribution in [-0.4, -0.2) is 10.2 Å². The Labute approximate surface area is 203 Å². The van der Waals surface area contributed by atoms with Gasteiger partial charge in [0.25, 0.3) is 0 Å². The van der Waals surface area contributed by atoms with Gasteiger partial charge in [0.15, 0.2) is 5.06 Å². The first-order valence-corrected chi connectivity index (χ1v) is 11.3. The van der Waals surface area contributed by atoms with Crippen molar-refractivity contribution in [2.45, 2.75) is 24.8 Å². The maximum absolute atomic E-state index is 13.5. The van der Waals surface area contributed by atoms with Gasteiger partial charge < -0.3 is 15.7 Å². The molecular weight excluding hydrogens is 458 g/mol. The van der Waals surface area contributed by atoms with Crippen LogP contribution in [0.5, 0.6) is 0 Å². The summed E-state index contributed by atoms with van der Waals surface area (Å²) in [7, 11) is 0. The molecule has 1 fully saturated rings. The third kappa shape index (κ3) is 4.79. The van der Waals surface area contributed by atoms with E-state index in [9.17, 15) is 9.50 Å². The minimum atomic E-state index is -1.52.